The molecule has 18 heavy (non-hydrogen) atoms. The van der Waals surface area contributed by atoms with Crippen molar-refractivity contribution >= 4 is 11.5 Å². The first-order valence-electron chi connectivity index (χ1n) is 5.97. The maximum atomic E-state index is 12.3. The number of allylic oxidation sites excluding steroid dienone is 3. The molecule has 0 spiro atoms. The molecule has 1 heterocycles. The number of phenolic OH excluding ortho intramolecular Hbond substituents is 1. The second-order valence-electron chi connectivity index (χ2n) is 4.08. The number of rotatable bonds is 3. The summed E-state index contributed by atoms with van der Waals surface area (Å²) in [5, 5.41) is 9.79. The van der Waals surface area contributed by atoms with Crippen LogP contribution in [0.5, 0.6) is 5.75 Å². The third-order valence-corrected chi connectivity index (χ3v) is 2.85. The van der Waals surface area contributed by atoms with Crippen LogP contribution in [-0.4, -0.2) is 16.6 Å². The Balaban J connectivity index is 2.36. The van der Waals surface area contributed by atoms with Gasteiger partial charge in [0.2, 0.25) is 5.78 Å². The van der Waals surface area contributed by atoms with E-state index in [1.807, 2.05) is 25.1 Å². The van der Waals surface area contributed by atoms with Gasteiger partial charge in [-0.1, -0.05) is 25.1 Å². The van der Waals surface area contributed by atoms with Gasteiger partial charge in [-0.05, 0) is 30.2 Å². The van der Waals surface area contributed by atoms with Crippen LogP contribution < -0.4 is 0 Å². The highest BCUT2D eigenvalue weighted by Crippen LogP contribution is 2.21. The maximum Gasteiger partial charge on any atom is 0.211 e. The van der Waals surface area contributed by atoms with Crippen LogP contribution in [0.3, 0.4) is 0 Å². The van der Waals surface area contributed by atoms with Crippen LogP contribution in [0.1, 0.15) is 29.3 Å². The number of Topliss-reactive ketones (excluding diaryl/α,β-unsaturated/α-hetero) is 1. The van der Waals surface area contributed by atoms with Gasteiger partial charge in [-0.3, -0.25) is 9.79 Å². The number of benzene rings is 1. The zero-order chi connectivity index (χ0) is 13.0. The average molecular weight is 241 g/mol. The molecule has 3 nitrogen and oxygen atoms in total. The van der Waals surface area contributed by atoms with Crippen LogP contribution in [0.2, 0.25) is 0 Å². The highest BCUT2D eigenvalue weighted by atomic mass is 16.3. The molecule has 92 valence electrons. The first-order valence-corrected chi connectivity index (χ1v) is 5.97. The average Bonchev–Trinajstić information content (AvgIpc) is 2.67. The van der Waals surface area contributed by atoms with E-state index in [9.17, 15) is 9.90 Å². The van der Waals surface area contributed by atoms with Gasteiger partial charge in [-0.15, -0.1) is 0 Å². The summed E-state index contributed by atoms with van der Waals surface area (Å²) < 4.78 is 0. The minimum atomic E-state index is -0.209. The number of phenols is 1. The summed E-state index contributed by atoms with van der Waals surface area (Å²) in [4.78, 5) is 16.4. The summed E-state index contributed by atoms with van der Waals surface area (Å²) in [6.07, 6.45) is 8.42. The number of nitrogens with zero attached hydrogens (tertiary/aromatic N) is 1. The molecule has 0 amide bonds. The molecule has 0 saturated carbocycles. The van der Waals surface area contributed by atoms with Crippen molar-refractivity contribution in [3.63, 3.8) is 0 Å². The summed E-state index contributed by atoms with van der Waals surface area (Å²) >= 11 is 0. The zero-order valence-electron chi connectivity index (χ0n) is 10.3. The van der Waals surface area contributed by atoms with Crippen LogP contribution in [0.15, 0.2) is 47.6 Å². The van der Waals surface area contributed by atoms with E-state index in [1.54, 1.807) is 24.4 Å². The first-order chi connectivity index (χ1) is 8.72. The number of hydrogen-bond acceptors (Lipinski definition) is 3. The lowest BCUT2D eigenvalue weighted by atomic mass is 10.00. The van der Waals surface area contributed by atoms with Crippen LogP contribution in [0.25, 0.3) is 0 Å². The van der Waals surface area contributed by atoms with Crippen LogP contribution in [-0.2, 0) is 6.42 Å². The molecule has 1 aliphatic heterocycles. The minimum absolute atomic E-state index is 0.0112. The number of ketones is 1. The van der Waals surface area contributed by atoms with Gasteiger partial charge in [0.15, 0.2) is 0 Å². The number of carbonyl (C=O) groups is 1. The Morgan fingerprint density at radius 1 is 1.39 bits per heavy atom. The van der Waals surface area contributed by atoms with Crippen molar-refractivity contribution in [3.8, 4) is 5.75 Å². The molecule has 1 aromatic rings. The normalized spacial score (nSPS) is 14.2. The molecular weight excluding hydrogens is 226 g/mol. The highest BCUT2D eigenvalue weighted by Gasteiger charge is 2.17. The maximum absolute atomic E-state index is 12.3. The van der Waals surface area contributed by atoms with Gasteiger partial charge in [0.1, 0.15) is 5.75 Å². The molecule has 0 aliphatic carbocycles. The lowest BCUT2D eigenvalue weighted by Crippen LogP contribution is -2.13. The third kappa shape index (κ3) is 2.56. The molecular formula is C15H15NO2. The van der Waals surface area contributed by atoms with Gasteiger partial charge in [-0.2, -0.15) is 0 Å². The topological polar surface area (TPSA) is 49.7 Å². The lowest BCUT2D eigenvalue weighted by Gasteiger charge is -2.06. The van der Waals surface area contributed by atoms with Crippen LogP contribution >= 0.6 is 0 Å². The van der Waals surface area contributed by atoms with Crippen molar-refractivity contribution in [2.75, 3.05) is 0 Å². The van der Waals surface area contributed by atoms with E-state index in [1.165, 1.54) is 0 Å². The quantitative estimate of drug-likeness (QED) is 0.827. The van der Waals surface area contributed by atoms with E-state index in [-0.39, 0.29) is 11.5 Å². The molecule has 0 fully saturated rings. The Morgan fingerprint density at radius 2 is 2.22 bits per heavy atom. The van der Waals surface area contributed by atoms with E-state index < -0.39 is 0 Å². The van der Waals surface area contributed by atoms with Crippen molar-refractivity contribution in [1.29, 1.82) is 0 Å². The monoisotopic (exact) mass is 241 g/mol. The van der Waals surface area contributed by atoms with Crippen molar-refractivity contribution in [2.24, 2.45) is 4.99 Å². The zero-order valence-corrected chi connectivity index (χ0v) is 10.3. The Bertz CT molecular complexity index is 554. The standard InChI is InChI=1S/C15H15NO2/c1-2-11-7-8-14(17)12(10-11)15(18)13-6-4-3-5-9-16-13/h3-5,7-10,17H,2,6H2,1H3. The van der Waals surface area contributed by atoms with E-state index in [0.717, 1.165) is 12.0 Å². The number of aryl methyl sites for hydroxylation is 1. The minimum Gasteiger partial charge on any atom is -0.507 e. The third-order valence-electron chi connectivity index (χ3n) is 2.85. The van der Waals surface area contributed by atoms with Gasteiger partial charge < -0.3 is 5.11 Å². The fraction of sp³-hybridized carbons (Fsp3) is 0.200. The Kier molecular flexibility index (Phi) is 3.72. The summed E-state index contributed by atoms with van der Waals surface area (Å²) in [6, 6.07) is 5.12. The fourth-order valence-corrected chi connectivity index (χ4v) is 1.79. The largest absolute Gasteiger partial charge is 0.507 e. The molecule has 1 aromatic carbocycles. The predicted octanol–water partition coefficient (Wildman–Crippen LogP) is 3.05. The van der Waals surface area contributed by atoms with Crippen molar-refractivity contribution in [2.45, 2.75) is 19.8 Å². The van der Waals surface area contributed by atoms with Crippen LogP contribution in [0, 0.1) is 0 Å². The van der Waals surface area contributed by atoms with Gasteiger partial charge >= 0.3 is 0 Å². The second-order valence-corrected chi connectivity index (χ2v) is 4.08. The van der Waals surface area contributed by atoms with E-state index in [4.69, 9.17) is 0 Å². The van der Waals surface area contributed by atoms with Gasteiger partial charge in [-0.25, -0.2) is 0 Å². The molecule has 1 aliphatic rings. The second kappa shape index (κ2) is 5.45. The molecule has 3 heteroatoms. The number of carbonyl (C=O) groups excluding carboxylic acids is 1. The predicted molar refractivity (Wildman–Crippen MR) is 72.1 cm³/mol. The van der Waals surface area contributed by atoms with E-state index >= 15 is 0 Å². The smallest absolute Gasteiger partial charge is 0.211 e. The Labute approximate surface area is 106 Å². The molecule has 0 unspecified atom stereocenters. The van der Waals surface area contributed by atoms with E-state index in [2.05, 4.69) is 4.99 Å². The molecule has 0 atom stereocenters. The van der Waals surface area contributed by atoms with Gasteiger partial charge in [0.05, 0.1) is 11.3 Å². The molecule has 0 saturated heterocycles. The summed E-state index contributed by atoms with van der Waals surface area (Å²) in [7, 11) is 0. The first kappa shape index (κ1) is 12.3. The summed E-state index contributed by atoms with van der Waals surface area (Å²) in [5.74, 6) is -0.198. The molecule has 0 bridgehead atoms. The molecule has 0 aromatic heterocycles. The molecule has 0 radical (unpaired) electrons. The van der Waals surface area contributed by atoms with E-state index in [0.29, 0.717) is 17.7 Å². The number of hydrogen-bond donors (Lipinski definition) is 1. The van der Waals surface area contributed by atoms with Crippen molar-refractivity contribution in [3.05, 3.63) is 53.8 Å². The Hall–Kier alpha value is -2.16. The lowest BCUT2D eigenvalue weighted by molar-refractivity contribution is 0.106. The van der Waals surface area contributed by atoms with Crippen molar-refractivity contribution in [1.82, 2.24) is 0 Å². The Morgan fingerprint density at radius 3 is 3.00 bits per heavy atom. The summed E-state index contributed by atoms with van der Waals surface area (Å²) in [6.45, 7) is 2.01. The van der Waals surface area contributed by atoms with Crippen molar-refractivity contribution < 1.29 is 9.90 Å². The van der Waals surface area contributed by atoms with Gasteiger partial charge in [0.25, 0.3) is 0 Å². The summed E-state index contributed by atoms with van der Waals surface area (Å²) in [5.41, 5.74) is 1.80. The fourth-order valence-electron chi connectivity index (χ4n) is 1.79. The van der Waals surface area contributed by atoms with Crippen LogP contribution in [0.4, 0.5) is 0 Å². The highest BCUT2D eigenvalue weighted by molar-refractivity contribution is 6.47. The molecule has 2 rings (SSSR count). The SMILES string of the molecule is CCc1ccc(O)c(C(=O)C2=NC=CC=CC2)c1. The number of aliphatic imine (C=N–C) groups is 1. The molecule has 1 N–H and O–H groups in total. The number of aromatic hydroxyl groups is 1. The van der Waals surface area contributed by atoms with Gasteiger partial charge in [0, 0.05) is 12.6 Å².